The van der Waals surface area contributed by atoms with Gasteiger partial charge in [0.05, 0.1) is 0 Å². The summed E-state index contributed by atoms with van der Waals surface area (Å²) in [5.41, 5.74) is 0. The van der Waals surface area contributed by atoms with Gasteiger partial charge in [-0.3, -0.25) is 4.90 Å². The van der Waals surface area contributed by atoms with Gasteiger partial charge in [0.15, 0.2) is 0 Å². The summed E-state index contributed by atoms with van der Waals surface area (Å²) in [5.74, 6) is 1.80. The number of rotatable bonds is 5. The summed E-state index contributed by atoms with van der Waals surface area (Å²) in [6, 6.07) is 1.50. The van der Waals surface area contributed by atoms with Crippen LogP contribution >= 0.6 is 0 Å². The minimum atomic E-state index is 0.719. The highest BCUT2D eigenvalue weighted by atomic mass is 15.2. The Labute approximate surface area is 120 Å². The predicted octanol–water partition coefficient (Wildman–Crippen LogP) is 3.67. The van der Waals surface area contributed by atoms with Gasteiger partial charge in [-0.1, -0.05) is 46.5 Å². The summed E-state index contributed by atoms with van der Waals surface area (Å²) in [4.78, 5) is 2.82. The Hall–Kier alpha value is -0.0800. The van der Waals surface area contributed by atoms with Gasteiger partial charge >= 0.3 is 0 Å². The lowest BCUT2D eigenvalue weighted by Crippen LogP contribution is -2.59. The summed E-state index contributed by atoms with van der Waals surface area (Å²) >= 11 is 0. The van der Waals surface area contributed by atoms with Crippen molar-refractivity contribution in [2.75, 3.05) is 19.6 Å². The van der Waals surface area contributed by atoms with Crippen LogP contribution < -0.4 is 5.32 Å². The summed E-state index contributed by atoms with van der Waals surface area (Å²) in [7, 11) is 0. The Morgan fingerprint density at radius 1 is 1.16 bits per heavy atom. The van der Waals surface area contributed by atoms with E-state index in [1.807, 2.05) is 0 Å². The molecule has 0 bridgehead atoms. The van der Waals surface area contributed by atoms with E-state index in [-0.39, 0.29) is 0 Å². The van der Waals surface area contributed by atoms with Crippen molar-refractivity contribution in [1.29, 1.82) is 0 Å². The van der Waals surface area contributed by atoms with Crippen molar-refractivity contribution in [3.8, 4) is 0 Å². The number of nitrogens with one attached hydrogen (secondary N) is 1. The largest absolute Gasteiger partial charge is 0.311 e. The van der Waals surface area contributed by atoms with Crippen LogP contribution in [-0.2, 0) is 0 Å². The highest BCUT2D eigenvalue weighted by Gasteiger charge is 2.30. The zero-order valence-electron chi connectivity index (χ0n) is 13.3. The maximum absolute atomic E-state index is 3.80. The van der Waals surface area contributed by atoms with Crippen LogP contribution in [0.3, 0.4) is 0 Å². The standard InChI is InChI=1S/C17H34N2/c1-4-14(3)17-13-19(16(5-2)11-18-17)12-15-9-7-6-8-10-15/h14-18H,4-13H2,1-3H3. The third-order valence-electron chi connectivity index (χ3n) is 5.58. The molecule has 0 aromatic carbocycles. The van der Waals surface area contributed by atoms with Crippen molar-refractivity contribution in [3.63, 3.8) is 0 Å². The van der Waals surface area contributed by atoms with Gasteiger partial charge < -0.3 is 5.32 Å². The zero-order chi connectivity index (χ0) is 13.7. The highest BCUT2D eigenvalue weighted by molar-refractivity contribution is 4.89. The fourth-order valence-corrected chi connectivity index (χ4v) is 3.88. The van der Waals surface area contributed by atoms with Gasteiger partial charge in [0, 0.05) is 31.7 Å². The molecule has 3 atom stereocenters. The lowest BCUT2D eigenvalue weighted by molar-refractivity contribution is 0.0817. The number of nitrogens with zero attached hydrogens (tertiary/aromatic N) is 1. The third-order valence-corrected chi connectivity index (χ3v) is 5.58. The average Bonchev–Trinajstić information content (AvgIpc) is 2.47. The first kappa shape index (κ1) is 15.3. The van der Waals surface area contributed by atoms with Crippen molar-refractivity contribution in [2.24, 2.45) is 11.8 Å². The van der Waals surface area contributed by atoms with Crippen LogP contribution in [0.15, 0.2) is 0 Å². The van der Waals surface area contributed by atoms with Crippen LogP contribution in [0.4, 0.5) is 0 Å². The Bertz CT molecular complexity index is 246. The second kappa shape index (κ2) is 7.64. The molecule has 0 aromatic rings. The van der Waals surface area contributed by atoms with Gasteiger partial charge in [0.25, 0.3) is 0 Å². The van der Waals surface area contributed by atoms with Gasteiger partial charge in [0.1, 0.15) is 0 Å². The maximum Gasteiger partial charge on any atom is 0.0221 e. The lowest BCUT2D eigenvalue weighted by Gasteiger charge is -2.44. The monoisotopic (exact) mass is 266 g/mol. The molecule has 1 saturated carbocycles. The molecule has 0 amide bonds. The first-order chi connectivity index (χ1) is 9.24. The minimum absolute atomic E-state index is 0.719. The van der Waals surface area contributed by atoms with Crippen LogP contribution in [0, 0.1) is 11.8 Å². The second-order valence-electron chi connectivity index (χ2n) is 6.92. The van der Waals surface area contributed by atoms with Crippen LogP contribution in [0.5, 0.6) is 0 Å². The molecule has 3 unspecified atom stereocenters. The molecule has 2 fully saturated rings. The van der Waals surface area contributed by atoms with Crippen molar-refractivity contribution in [1.82, 2.24) is 10.2 Å². The molecule has 19 heavy (non-hydrogen) atoms. The molecule has 2 aliphatic rings. The van der Waals surface area contributed by atoms with Crippen LogP contribution in [-0.4, -0.2) is 36.6 Å². The fraction of sp³-hybridized carbons (Fsp3) is 1.00. The molecule has 0 spiro atoms. The molecule has 0 aromatic heterocycles. The normalized spacial score (nSPS) is 32.4. The predicted molar refractivity (Wildman–Crippen MR) is 83.5 cm³/mol. The van der Waals surface area contributed by atoms with Gasteiger partial charge in [-0.05, 0) is 31.1 Å². The zero-order valence-corrected chi connectivity index (χ0v) is 13.3. The number of hydrogen-bond acceptors (Lipinski definition) is 2. The van der Waals surface area contributed by atoms with Crippen molar-refractivity contribution in [2.45, 2.75) is 77.8 Å². The van der Waals surface area contributed by atoms with E-state index in [2.05, 4.69) is 31.0 Å². The SMILES string of the molecule is CCC(C)C1CN(CC2CCCCC2)C(CC)CN1. The molecule has 1 aliphatic carbocycles. The second-order valence-corrected chi connectivity index (χ2v) is 6.92. The molecule has 1 N–H and O–H groups in total. The van der Waals surface area contributed by atoms with E-state index >= 15 is 0 Å². The summed E-state index contributed by atoms with van der Waals surface area (Å²) in [6.07, 6.45) is 9.98. The smallest absolute Gasteiger partial charge is 0.0221 e. The number of hydrogen-bond donors (Lipinski definition) is 1. The van der Waals surface area contributed by atoms with Crippen LogP contribution in [0.1, 0.15) is 65.7 Å². The van der Waals surface area contributed by atoms with Gasteiger partial charge in [0.2, 0.25) is 0 Å². The van der Waals surface area contributed by atoms with E-state index in [4.69, 9.17) is 0 Å². The molecule has 2 rings (SSSR count). The quantitative estimate of drug-likeness (QED) is 0.817. The summed E-state index contributed by atoms with van der Waals surface area (Å²) < 4.78 is 0. The van der Waals surface area contributed by atoms with Gasteiger partial charge in [-0.2, -0.15) is 0 Å². The van der Waals surface area contributed by atoms with Gasteiger partial charge in [-0.15, -0.1) is 0 Å². The molecule has 1 heterocycles. The Kier molecular flexibility index (Phi) is 6.15. The van der Waals surface area contributed by atoms with Crippen LogP contribution in [0.25, 0.3) is 0 Å². The first-order valence-electron chi connectivity index (χ1n) is 8.72. The first-order valence-corrected chi connectivity index (χ1v) is 8.72. The summed E-state index contributed by atoms with van der Waals surface area (Å²) in [6.45, 7) is 10.9. The third kappa shape index (κ3) is 4.19. The van der Waals surface area contributed by atoms with E-state index in [9.17, 15) is 0 Å². The minimum Gasteiger partial charge on any atom is -0.311 e. The number of piperazine rings is 1. The molecular weight excluding hydrogens is 232 g/mol. The van der Waals surface area contributed by atoms with E-state index in [1.165, 1.54) is 64.6 Å². The topological polar surface area (TPSA) is 15.3 Å². The lowest BCUT2D eigenvalue weighted by atomic mass is 9.87. The van der Waals surface area contributed by atoms with Crippen LogP contribution in [0.2, 0.25) is 0 Å². The Morgan fingerprint density at radius 2 is 1.89 bits per heavy atom. The Morgan fingerprint density at radius 3 is 2.53 bits per heavy atom. The Balaban J connectivity index is 1.89. The highest BCUT2D eigenvalue weighted by Crippen LogP contribution is 2.26. The van der Waals surface area contributed by atoms with E-state index in [1.54, 1.807) is 0 Å². The molecule has 2 nitrogen and oxygen atoms in total. The van der Waals surface area contributed by atoms with Crippen molar-refractivity contribution in [3.05, 3.63) is 0 Å². The van der Waals surface area contributed by atoms with E-state index < -0.39 is 0 Å². The molecule has 0 radical (unpaired) electrons. The fourth-order valence-electron chi connectivity index (χ4n) is 3.88. The maximum atomic E-state index is 3.80. The van der Waals surface area contributed by atoms with E-state index in [0.717, 1.165) is 23.9 Å². The molecule has 1 saturated heterocycles. The molecule has 112 valence electrons. The van der Waals surface area contributed by atoms with E-state index in [0.29, 0.717) is 0 Å². The molecular formula is C17H34N2. The summed E-state index contributed by atoms with van der Waals surface area (Å²) in [5, 5.41) is 3.80. The molecule has 1 aliphatic heterocycles. The molecule has 2 heteroatoms. The van der Waals surface area contributed by atoms with Gasteiger partial charge in [-0.25, -0.2) is 0 Å². The van der Waals surface area contributed by atoms with Crippen molar-refractivity contribution < 1.29 is 0 Å². The average molecular weight is 266 g/mol. The van der Waals surface area contributed by atoms with Crippen molar-refractivity contribution >= 4 is 0 Å².